The van der Waals surface area contributed by atoms with Gasteiger partial charge in [0, 0.05) is 37.3 Å². The first kappa shape index (κ1) is 23.8. The van der Waals surface area contributed by atoms with Crippen molar-refractivity contribution < 1.29 is 19.4 Å². The van der Waals surface area contributed by atoms with Crippen molar-refractivity contribution >= 4 is 17.5 Å². The van der Waals surface area contributed by atoms with E-state index >= 15 is 0 Å². The molecule has 2 rings (SSSR count). The maximum atomic E-state index is 13.4. The number of benzene rings is 1. The number of piperazine rings is 1. The van der Waals surface area contributed by atoms with Gasteiger partial charge in [-0.25, -0.2) is 0 Å². The molecule has 1 amide bonds. The fourth-order valence-corrected chi connectivity index (χ4v) is 4.24. The number of methoxy groups -OCH3 is 1. The van der Waals surface area contributed by atoms with Gasteiger partial charge in [0.1, 0.15) is 0 Å². The number of β-amino-alcohol motifs (C(OH)–C–C–N with tert-alkyl or cyclic N) is 1. The normalized spacial score (nSPS) is 20.6. The summed E-state index contributed by atoms with van der Waals surface area (Å²) >= 11 is 6.39. The van der Waals surface area contributed by atoms with Gasteiger partial charge in [-0.1, -0.05) is 25.4 Å². The van der Waals surface area contributed by atoms with E-state index in [-0.39, 0.29) is 18.0 Å². The molecular weight excluding hydrogens is 392 g/mol. The number of carbonyl (C=O) groups excluding carboxylic acids is 1. The topological polar surface area (TPSA) is 62.2 Å². The van der Waals surface area contributed by atoms with Crippen molar-refractivity contribution in [1.29, 1.82) is 0 Å². The van der Waals surface area contributed by atoms with Crippen molar-refractivity contribution in [3.63, 3.8) is 0 Å². The highest BCUT2D eigenvalue weighted by molar-refractivity contribution is 6.32. The van der Waals surface area contributed by atoms with Crippen LogP contribution in [0.3, 0.4) is 0 Å². The first-order valence-corrected chi connectivity index (χ1v) is 10.8. The van der Waals surface area contributed by atoms with Crippen LogP contribution in [0.4, 0.5) is 0 Å². The third kappa shape index (κ3) is 5.77. The molecule has 1 N–H and O–H groups in total. The zero-order chi connectivity index (χ0) is 21.8. The van der Waals surface area contributed by atoms with E-state index in [1.807, 2.05) is 25.7 Å². The molecule has 1 aromatic carbocycles. The summed E-state index contributed by atoms with van der Waals surface area (Å²) in [5, 5.41) is 10.7. The summed E-state index contributed by atoms with van der Waals surface area (Å²) in [5.41, 5.74) is -0.270. The maximum Gasteiger partial charge on any atom is 0.254 e. The molecule has 1 aromatic rings. The zero-order valence-corrected chi connectivity index (χ0v) is 19.3. The highest BCUT2D eigenvalue weighted by Crippen LogP contribution is 2.37. The molecule has 0 aromatic heterocycles. The van der Waals surface area contributed by atoms with Crippen LogP contribution < -0.4 is 9.47 Å². The van der Waals surface area contributed by atoms with Crippen molar-refractivity contribution in [3.8, 4) is 11.5 Å². The molecule has 0 unspecified atom stereocenters. The predicted octanol–water partition coefficient (Wildman–Crippen LogP) is 3.83. The van der Waals surface area contributed by atoms with Gasteiger partial charge in [-0.2, -0.15) is 0 Å². The quantitative estimate of drug-likeness (QED) is 0.684. The van der Waals surface area contributed by atoms with Gasteiger partial charge in [-0.15, -0.1) is 0 Å². The molecule has 29 heavy (non-hydrogen) atoms. The van der Waals surface area contributed by atoms with Crippen LogP contribution in [0, 0.1) is 0 Å². The third-order valence-electron chi connectivity index (χ3n) is 5.37. The second-order valence-electron chi connectivity index (χ2n) is 8.25. The monoisotopic (exact) mass is 426 g/mol. The number of rotatable bonds is 8. The summed E-state index contributed by atoms with van der Waals surface area (Å²) in [6.07, 6.45) is 1.75. The molecule has 0 saturated carbocycles. The molecular formula is C22H35ClN2O4. The number of ether oxygens (including phenoxy) is 2. The van der Waals surface area contributed by atoms with Crippen molar-refractivity contribution in [2.45, 2.75) is 65.1 Å². The number of halogens is 1. The molecule has 164 valence electrons. The minimum atomic E-state index is -0.770. The molecule has 0 aliphatic carbocycles. The lowest BCUT2D eigenvalue weighted by Gasteiger charge is -2.47. The number of hydrogen-bond donors (Lipinski definition) is 1. The average Bonchev–Trinajstić information content (AvgIpc) is 2.67. The van der Waals surface area contributed by atoms with Gasteiger partial charge in [0.05, 0.1) is 24.3 Å². The average molecular weight is 427 g/mol. The van der Waals surface area contributed by atoms with Crippen LogP contribution in [0.5, 0.6) is 11.5 Å². The predicted molar refractivity (Wildman–Crippen MR) is 116 cm³/mol. The van der Waals surface area contributed by atoms with Crippen molar-refractivity contribution in [2.24, 2.45) is 0 Å². The SMILES string of the molecule is CCOc1c(Cl)cc(C(=O)N2C[C@H](CC)N(CC(C)(C)O)C[C@@H]2CC)cc1OC. The van der Waals surface area contributed by atoms with E-state index in [0.29, 0.717) is 41.8 Å². The Hall–Kier alpha value is -1.50. The lowest BCUT2D eigenvalue weighted by molar-refractivity contribution is -0.0237. The molecule has 0 bridgehead atoms. The Balaban J connectivity index is 2.31. The third-order valence-corrected chi connectivity index (χ3v) is 5.65. The summed E-state index contributed by atoms with van der Waals surface area (Å²) in [4.78, 5) is 17.7. The lowest BCUT2D eigenvalue weighted by atomic mass is 9.98. The number of carbonyl (C=O) groups is 1. The minimum absolute atomic E-state index is 0.0542. The van der Waals surface area contributed by atoms with Gasteiger partial charge in [-0.3, -0.25) is 9.69 Å². The van der Waals surface area contributed by atoms with Crippen molar-refractivity contribution in [3.05, 3.63) is 22.7 Å². The highest BCUT2D eigenvalue weighted by Gasteiger charge is 2.37. The Morgan fingerprint density at radius 2 is 1.86 bits per heavy atom. The zero-order valence-electron chi connectivity index (χ0n) is 18.5. The van der Waals surface area contributed by atoms with Crippen molar-refractivity contribution in [1.82, 2.24) is 9.80 Å². The van der Waals surface area contributed by atoms with Crippen molar-refractivity contribution in [2.75, 3.05) is 33.4 Å². The number of aliphatic hydroxyl groups is 1. The Bertz CT molecular complexity index is 705. The lowest BCUT2D eigenvalue weighted by Crippen LogP contribution is -2.61. The van der Waals surface area contributed by atoms with Gasteiger partial charge in [0.15, 0.2) is 11.5 Å². The molecule has 1 fully saturated rings. The first-order valence-electron chi connectivity index (χ1n) is 10.4. The van der Waals surface area contributed by atoms with E-state index in [4.69, 9.17) is 21.1 Å². The molecule has 6 nitrogen and oxygen atoms in total. The summed E-state index contributed by atoms with van der Waals surface area (Å²) in [5.74, 6) is 0.867. The summed E-state index contributed by atoms with van der Waals surface area (Å²) in [6.45, 7) is 12.1. The highest BCUT2D eigenvalue weighted by atomic mass is 35.5. The molecule has 1 heterocycles. The number of hydrogen-bond acceptors (Lipinski definition) is 5. The van der Waals surface area contributed by atoms with Crippen LogP contribution in [0.15, 0.2) is 12.1 Å². The fourth-order valence-electron chi connectivity index (χ4n) is 3.98. The van der Waals surface area contributed by atoms with Crippen LogP contribution in [0.25, 0.3) is 0 Å². The maximum absolute atomic E-state index is 13.4. The molecule has 1 aliphatic heterocycles. The van der Waals surface area contributed by atoms with Crippen LogP contribution >= 0.6 is 11.6 Å². The van der Waals surface area contributed by atoms with Gasteiger partial charge in [0.2, 0.25) is 0 Å². The Kier molecular flexibility index (Phi) is 8.20. The second kappa shape index (κ2) is 10.0. The first-order chi connectivity index (χ1) is 13.6. The van der Waals surface area contributed by atoms with E-state index in [1.54, 1.807) is 19.2 Å². The second-order valence-corrected chi connectivity index (χ2v) is 8.65. The van der Waals surface area contributed by atoms with Crippen LogP contribution in [0.2, 0.25) is 5.02 Å². The van der Waals surface area contributed by atoms with Crippen LogP contribution in [0.1, 0.15) is 57.8 Å². The molecule has 2 atom stereocenters. The van der Waals surface area contributed by atoms with E-state index in [1.165, 1.54) is 0 Å². The summed E-state index contributed by atoms with van der Waals surface area (Å²) in [6, 6.07) is 3.64. The summed E-state index contributed by atoms with van der Waals surface area (Å²) in [7, 11) is 1.54. The number of amides is 1. The molecule has 1 aliphatic rings. The van der Waals surface area contributed by atoms with E-state index < -0.39 is 5.60 Å². The van der Waals surface area contributed by atoms with Gasteiger partial charge in [-0.05, 0) is 45.7 Å². The Labute approximate surface area is 179 Å². The van der Waals surface area contributed by atoms with Crippen LogP contribution in [-0.2, 0) is 0 Å². The van der Waals surface area contributed by atoms with E-state index in [0.717, 1.165) is 19.4 Å². The minimum Gasteiger partial charge on any atom is -0.493 e. The van der Waals surface area contributed by atoms with Gasteiger partial charge in [0.25, 0.3) is 5.91 Å². The molecule has 0 spiro atoms. The summed E-state index contributed by atoms with van der Waals surface area (Å²) < 4.78 is 11.0. The Morgan fingerprint density at radius 1 is 1.21 bits per heavy atom. The molecule has 1 saturated heterocycles. The number of nitrogens with zero attached hydrogens (tertiary/aromatic N) is 2. The largest absolute Gasteiger partial charge is 0.493 e. The van der Waals surface area contributed by atoms with E-state index in [2.05, 4.69) is 18.7 Å². The molecule has 7 heteroatoms. The van der Waals surface area contributed by atoms with E-state index in [9.17, 15) is 9.90 Å². The molecule has 0 radical (unpaired) electrons. The van der Waals surface area contributed by atoms with Gasteiger partial charge >= 0.3 is 0 Å². The smallest absolute Gasteiger partial charge is 0.254 e. The van der Waals surface area contributed by atoms with Crippen LogP contribution in [-0.4, -0.2) is 71.8 Å². The standard InChI is InChI=1S/C22H35ClN2O4/c1-7-16-13-25(17(8-2)12-24(16)14-22(4,5)27)21(26)15-10-18(23)20(29-9-3)19(11-15)28-6/h10-11,16-17,27H,7-9,12-14H2,1-6H3/t16-,17-/m0/s1. The van der Waals surface area contributed by atoms with Gasteiger partial charge < -0.3 is 19.5 Å². The Morgan fingerprint density at radius 3 is 2.38 bits per heavy atom. The fraction of sp³-hybridized carbons (Fsp3) is 0.682.